The molecule has 1 aliphatic rings. The number of rotatable bonds is 8. The third kappa shape index (κ3) is 3.67. The van der Waals surface area contributed by atoms with Crippen LogP contribution in [-0.2, 0) is 0 Å². The van der Waals surface area contributed by atoms with E-state index in [4.69, 9.17) is 9.47 Å². The molecule has 0 aliphatic carbocycles. The third-order valence-corrected chi connectivity index (χ3v) is 4.97. The van der Waals surface area contributed by atoms with Crippen LogP contribution in [0.4, 0.5) is 0 Å². The van der Waals surface area contributed by atoms with Crippen molar-refractivity contribution in [3.05, 3.63) is 71.8 Å². The monoisotopic (exact) mass is 390 g/mol. The Morgan fingerprint density at radius 2 is 1.48 bits per heavy atom. The van der Waals surface area contributed by atoms with E-state index >= 15 is 0 Å². The highest BCUT2D eigenvalue weighted by molar-refractivity contribution is 6.25. The second kappa shape index (κ2) is 8.32. The van der Waals surface area contributed by atoms with Crippen LogP contribution in [0.3, 0.4) is 0 Å². The van der Waals surface area contributed by atoms with E-state index in [-0.39, 0.29) is 11.8 Å². The van der Waals surface area contributed by atoms with Crippen LogP contribution >= 0.6 is 0 Å². The van der Waals surface area contributed by atoms with E-state index in [1.807, 2.05) is 48.5 Å². The molecule has 0 bridgehead atoms. The molecule has 1 heterocycles. The van der Waals surface area contributed by atoms with Crippen LogP contribution < -0.4 is 14.8 Å². The quantitative estimate of drug-likeness (QED) is 0.473. The standard InChI is InChI=1S/C23H22N2O4/c1-28-19-10-2-3-11-20(19)29-15-13-24-12-14-25-22(26)17-8-4-6-16-7-5-9-18(21(16)17)23(25)27/h2-11,24H,12-15H2,1H3. The Hall–Kier alpha value is -3.38. The Bertz CT molecular complexity index is 1010. The molecule has 0 radical (unpaired) electrons. The van der Waals surface area contributed by atoms with Gasteiger partial charge in [-0.05, 0) is 29.7 Å². The molecule has 0 aromatic heterocycles. The van der Waals surface area contributed by atoms with E-state index in [9.17, 15) is 9.59 Å². The van der Waals surface area contributed by atoms with Gasteiger partial charge in [0.15, 0.2) is 11.5 Å². The zero-order valence-corrected chi connectivity index (χ0v) is 16.2. The highest BCUT2D eigenvalue weighted by atomic mass is 16.5. The molecule has 0 atom stereocenters. The fourth-order valence-corrected chi connectivity index (χ4v) is 3.57. The first-order valence-corrected chi connectivity index (χ1v) is 9.55. The van der Waals surface area contributed by atoms with Gasteiger partial charge in [-0.3, -0.25) is 14.5 Å². The number of carbonyl (C=O) groups is 2. The molecule has 3 aromatic carbocycles. The number of nitrogens with zero attached hydrogens (tertiary/aromatic N) is 1. The van der Waals surface area contributed by atoms with Crippen LogP contribution in [0.1, 0.15) is 20.7 Å². The van der Waals surface area contributed by atoms with Gasteiger partial charge in [0.05, 0.1) is 7.11 Å². The average Bonchev–Trinajstić information content (AvgIpc) is 2.76. The van der Waals surface area contributed by atoms with Crippen molar-refractivity contribution in [1.82, 2.24) is 10.2 Å². The number of amides is 2. The van der Waals surface area contributed by atoms with Crippen LogP contribution in [0.2, 0.25) is 0 Å². The van der Waals surface area contributed by atoms with Crippen LogP contribution in [0.15, 0.2) is 60.7 Å². The molecule has 2 amide bonds. The largest absolute Gasteiger partial charge is 0.493 e. The van der Waals surface area contributed by atoms with Gasteiger partial charge in [-0.1, -0.05) is 36.4 Å². The molecule has 0 unspecified atom stereocenters. The number of imide groups is 1. The molecule has 6 nitrogen and oxygen atoms in total. The molecule has 3 aromatic rings. The fourth-order valence-electron chi connectivity index (χ4n) is 3.57. The van der Waals surface area contributed by atoms with Gasteiger partial charge < -0.3 is 14.8 Å². The van der Waals surface area contributed by atoms with Crippen LogP contribution in [0.5, 0.6) is 11.5 Å². The Morgan fingerprint density at radius 1 is 0.828 bits per heavy atom. The third-order valence-electron chi connectivity index (χ3n) is 4.97. The van der Waals surface area contributed by atoms with Crippen LogP contribution in [0.25, 0.3) is 10.8 Å². The topological polar surface area (TPSA) is 67.9 Å². The van der Waals surface area contributed by atoms with E-state index in [1.54, 1.807) is 19.2 Å². The molecular formula is C23H22N2O4. The lowest BCUT2D eigenvalue weighted by Gasteiger charge is -2.27. The molecule has 148 valence electrons. The van der Waals surface area contributed by atoms with Gasteiger partial charge in [0.25, 0.3) is 11.8 Å². The smallest absolute Gasteiger partial charge is 0.261 e. The molecule has 4 rings (SSSR count). The van der Waals surface area contributed by atoms with Crippen molar-refractivity contribution in [3.8, 4) is 11.5 Å². The molecule has 1 aliphatic heterocycles. The minimum Gasteiger partial charge on any atom is -0.493 e. The Kier molecular flexibility index (Phi) is 5.44. The minimum atomic E-state index is -0.244. The van der Waals surface area contributed by atoms with Gasteiger partial charge in [0.1, 0.15) is 6.61 Å². The number of hydrogen-bond donors (Lipinski definition) is 1. The Labute approximate surface area is 169 Å². The number of nitrogens with one attached hydrogen (secondary N) is 1. The summed E-state index contributed by atoms with van der Waals surface area (Å²) in [6.07, 6.45) is 0. The first-order valence-electron chi connectivity index (χ1n) is 9.55. The predicted octanol–water partition coefficient (Wildman–Crippen LogP) is 3.11. The SMILES string of the molecule is COc1ccccc1OCCNCCN1C(=O)c2cccc3cccc(c23)C1=O. The fraction of sp³-hybridized carbons (Fsp3) is 0.217. The first kappa shape index (κ1) is 19.0. The maximum atomic E-state index is 12.8. The van der Waals surface area contributed by atoms with Crippen molar-refractivity contribution < 1.29 is 19.1 Å². The number of para-hydroxylation sites is 2. The lowest BCUT2D eigenvalue weighted by Crippen LogP contribution is -2.44. The molecule has 0 saturated heterocycles. The summed E-state index contributed by atoms with van der Waals surface area (Å²) in [6, 6.07) is 18.6. The number of carbonyl (C=O) groups excluding carboxylic acids is 2. The lowest BCUT2D eigenvalue weighted by atomic mass is 9.94. The predicted molar refractivity (Wildman–Crippen MR) is 111 cm³/mol. The molecule has 0 saturated carbocycles. The van der Waals surface area contributed by atoms with Gasteiger partial charge in [0.2, 0.25) is 0 Å². The van der Waals surface area contributed by atoms with Gasteiger partial charge in [0, 0.05) is 36.1 Å². The van der Waals surface area contributed by atoms with Gasteiger partial charge >= 0.3 is 0 Å². The summed E-state index contributed by atoms with van der Waals surface area (Å²) in [5, 5.41) is 4.88. The molecule has 0 spiro atoms. The maximum absolute atomic E-state index is 12.8. The average molecular weight is 390 g/mol. The second-order valence-corrected chi connectivity index (χ2v) is 6.72. The summed E-state index contributed by atoms with van der Waals surface area (Å²) in [5.74, 6) is 0.880. The van der Waals surface area contributed by atoms with Crippen molar-refractivity contribution in [2.75, 3.05) is 33.4 Å². The lowest BCUT2D eigenvalue weighted by molar-refractivity contribution is 0.0612. The van der Waals surface area contributed by atoms with E-state index in [0.29, 0.717) is 48.9 Å². The molecule has 29 heavy (non-hydrogen) atoms. The van der Waals surface area contributed by atoms with Crippen molar-refractivity contribution in [1.29, 1.82) is 0 Å². The summed E-state index contributed by atoms with van der Waals surface area (Å²) in [4.78, 5) is 27.0. The van der Waals surface area contributed by atoms with Gasteiger partial charge in [-0.15, -0.1) is 0 Å². The van der Waals surface area contributed by atoms with E-state index < -0.39 is 0 Å². The first-order chi connectivity index (χ1) is 14.2. The summed E-state index contributed by atoms with van der Waals surface area (Å²) < 4.78 is 11.0. The zero-order chi connectivity index (χ0) is 20.2. The molecule has 1 N–H and O–H groups in total. The molecule has 0 fully saturated rings. The summed E-state index contributed by atoms with van der Waals surface area (Å²) in [5.41, 5.74) is 1.16. The highest BCUT2D eigenvalue weighted by Crippen LogP contribution is 2.29. The minimum absolute atomic E-state index is 0.244. The van der Waals surface area contributed by atoms with Gasteiger partial charge in [-0.2, -0.15) is 0 Å². The van der Waals surface area contributed by atoms with Crippen molar-refractivity contribution in [2.45, 2.75) is 0 Å². The number of benzene rings is 3. The Balaban J connectivity index is 1.33. The van der Waals surface area contributed by atoms with Crippen LogP contribution in [-0.4, -0.2) is 50.1 Å². The normalized spacial score (nSPS) is 13.1. The van der Waals surface area contributed by atoms with Crippen LogP contribution in [0, 0.1) is 0 Å². The van der Waals surface area contributed by atoms with E-state index in [1.165, 1.54) is 4.90 Å². The second-order valence-electron chi connectivity index (χ2n) is 6.72. The number of methoxy groups -OCH3 is 1. The van der Waals surface area contributed by atoms with E-state index in [2.05, 4.69) is 5.32 Å². The summed E-state index contributed by atoms with van der Waals surface area (Å²) >= 11 is 0. The molecular weight excluding hydrogens is 368 g/mol. The van der Waals surface area contributed by atoms with Crippen molar-refractivity contribution >= 4 is 22.6 Å². The summed E-state index contributed by atoms with van der Waals surface area (Å²) in [6.45, 7) is 1.83. The number of ether oxygens (including phenoxy) is 2. The Morgan fingerprint density at radius 3 is 2.14 bits per heavy atom. The zero-order valence-electron chi connectivity index (χ0n) is 16.2. The number of hydrogen-bond acceptors (Lipinski definition) is 5. The van der Waals surface area contributed by atoms with Gasteiger partial charge in [-0.25, -0.2) is 0 Å². The molecule has 6 heteroatoms. The van der Waals surface area contributed by atoms with Crippen molar-refractivity contribution in [3.63, 3.8) is 0 Å². The summed E-state index contributed by atoms with van der Waals surface area (Å²) in [7, 11) is 1.60. The highest BCUT2D eigenvalue weighted by Gasteiger charge is 2.31. The van der Waals surface area contributed by atoms with Crippen molar-refractivity contribution in [2.24, 2.45) is 0 Å². The van der Waals surface area contributed by atoms with E-state index in [0.717, 1.165) is 10.8 Å². The maximum Gasteiger partial charge on any atom is 0.261 e.